The zero-order valence-electron chi connectivity index (χ0n) is 12.6. The van der Waals surface area contributed by atoms with E-state index in [0.29, 0.717) is 4.91 Å². The van der Waals surface area contributed by atoms with E-state index in [-0.39, 0.29) is 15.6 Å². The highest BCUT2D eigenvalue weighted by molar-refractivity contribution is 8.26. The summed E-state index contributed by atoms with van der Waals surface area (Å²) in [6, 6.07) is 14.4. The molecule has 0 aliphatic carbocycles. The van der Waals surface area contributed by atoms with Gasteiger partial charge in [-0.15, -0.1) is 0 Å². The Balaban J connectivity index is 1.90. The van der Waals surface area contributed by atoms with Crippen molar-refractivity contribution in [2.24, 2.45) is 0 Å². The van der Waals surface area contributed by atoms with Gasteiger partial charge < -0.3 is 0 Å². The summed E-state index contributed by atoms with van der Waals surface area (Å²) in [7, 11) is 0. The molecule has 1 aliphatic rings. The van der Waals surface area contributed by atoms with Crippen LogP contribution in [0.15, 0.2) is 59.5 Å². The van der Waals surface area contributed by atoms with Crippen molar-refractivity contribution in [2.75, 3.05) is 0 Å². The first-order valence-electron chi connectivity index (χ1n) is 7.09. The third-order valence-electron chi connectivity index (χ3n) is 3.40. The largest absolute Gasteiger partial charge is 0.273 e. The van der Waals surface area contributed by atoms with Crippen LogP contribution < -0.4 is 0 Å². The number of carbonyl (C=O) groups excluding carboxylic acids is 2. The monoisotopic (exact) mass is 370 g/mol. The molecule has 0 saturated carbocycles. The van der Waals surface area contributed by atoms with Gasteiger partial charge >= 0.3 is 0 Å². The van der Waals surface area contributed by atoms with Crippen LogP contribution in [0.2, 0.25) is 0 Å². The van der Waals surface area contributed by atoms with Crippen LogP contribution in [0.1, 0.15) is 15.9 Å². The van der Waals surface area contributed by atoms with Crippen LogP contribution in [0.5, 0.6) is 0 Å². The summed E-state index contributed by atoms with van der Waals surface area (Å²) in [4.78, 5) is 36.6. The molecule has 0 atom stereocenters. The lowest BCUT2D eigenvalue weighted by Gasteiger charge is -2.12. The molecule has 0 bridgehead atoms. The number of carbonyl (C=O) groups is 2. The van der Waals surface area contributed by atoms with Gasteiger partial charge in [-0.1, -0.05) is 60.4 Å². The van der Waals surface area contributed by atoms with E-state index in [2.05, 4.69) is 0 Å². The molecule has 1 aliphatic heterocycles. The van der Waals surface area contributed by atoms with Crippen LogP contribution in [-0.2, 0) is 4.79 Å². The number of nitro benzene ring substituents is 1. The molecule has 0 N–H and O–H groups in total. The van der Waals surface area contributed by atoms with Crippen molar-refractivity contribution >= 4 is 51.9 Å². The Hall–Kier alpha value is -2.84. The zero-order chi connectivity index (χ0) is 18.0. The number of amides is 2. The van der Waals surface area contributed by atoms with E-state index in [9.17, 15) is 19.7 Å². The Morgan fingerprint density at radius 2 is 1.88 bits per heavy atom. The minimum Gasteiger partial charge on any atom is -0.268 e. The fourth-order valence-electron chi connectivity index (χ4n) is 2.23. The summed E-state index contributed by atoms with van der Waals surface area (Å²) >= 11 is 6.17. The van der Waals surface area contributed by atoms with Crippen LogP contribution in [0.25, 0.3) is 6.08 Å². The number of hydrogen-bond acceptors (Lipinski definition) is 6. The lowest BCUT2D eigenvalue weighted by molar-refractivity contribution is -0.384. The maximum Gasteiger partial charge on any atom is 0.273 e. The molecule has 2 amide bonds. The highest BCUT2D eigenvalue weighted by atomic mass is 32.2. The number of nitrogens with zero attached hydrogens (tertiary/aromatic N) is 2. The number of thioether (sulfide) groups is 1. The zero-order valence-corrected chi connectivity index (χ0v) is 14.3. The molecule has 0 aromatic heterocycles. The average molecular weight is 370 g/mol. The number of nitro groups is 1. The number of rotatable bonds is 3. The van der Waals surface area contributed by atoms with Gasteiger partial charge in [0.1, 0.15) is 0 Å². The second-order valence-electron chi connectivity index (χ2n) is 5.04. The molecule has 25 heavy (non-hydrogen) atoms. The molecule has 0 unspecified atom stereocenters. The van der Waals surface area contributed by atoms with Gasteiger partial charge in [0.25, 0.3) is 17.5 Å². The third-order valence-corrected chi connectivity index (χ3v) is 4.70. The Bertz CT molecular complexity index is 925. The fourth-order valence-corrected chi connectivity index (χ4v) is 3.48. The van der Waals surface area contributed by atoms with Gasteiger partial charge in [-0.25, -0.2) is 4.90 Å². The molecule has 1 fully saturated rings. The Morgan fingerprint density at radius 3 is 2.56 bits per heavy atom. The van der Waals surface area contributed by atoms with Crippen LogP contribution in [0.4, 0.5) is 5.69 Å². The standard InChI is InChI=1S/C17H10N2O4S2/c20-15(12-7-4-8-13(10-12)19(22)23)18-16(21)14(25-17(18)24)9-11-5-2-1-3-6-11/h1-10H/b14-9+. The molecule has 6 nitrogen and oxygen atoms in total. The first kappa shape index (κ1) is 17.0. The van der Waals surface area contributed by atoms with Crippen molar-refractivity contribution in [1.29, 1.82) is 0 Å². The van der Waals surface area contributed by atoms with Gasteiger partial charge in [-0.3, -0.25) is 19.7 Å². The summed E-state index contributed by atoms with van der Waals surface area (Å²) in [5.74, 6) is -1.21. The number of hydrogen-bond donors (Lipinski definition) is 0. The molecule has 8 heteroatoms. The molecule has 2 aromatic carbocycles. The van der Waals surface area contributed by atoms with Crippen LogP contribution in [0, 0.1) is 10.1 Å². The van der Waals surface area contributed by atoms with E-state index in [4.69, 9.17) is 12.2 Å². The summed E-state index contributed by atoms with van der Waals surface area (Å²) in [6.07, 6.45) is 1.65. The van der Waals surface area contributed by atoms with Crippen LogP contribution >= 0.6 is 24.0 Å². The highest BCUT2D eigenvalue weighted by Gasteiger charge is 2.37. The fraction of sp³-hybridized carbons (Fsp3) is 0. The summed E-state index contributed by atoms with van der Waals surface area (Å²) in [5.41, 5.74) is 0.619. The van der Waals surface area contributed by atoms with Crippen molar-refractivity contribution in [3.05, 3.63) is 80.7 Å². The maximum atomic E-state index is 12.6. The van der Waals surface area contributed by atoms with E-state index in [1.165, 1.54) is 18.2 Å². The quantitative estimate of drug-likeness (QED) is 0.270. The second kappa shape index (κ2) is 6.96. The number of imide groups is 1. The average Bonchev–Trinajstić information content (AvgIpc) is 2.89. The topological polar surface area (TPSA) is 80.5 Å². The Labute approximate surface area is 152 Å². The summed E-state index contributed by atoms with van der Waals surface area (Å²) < 4.78 is 0.101. The molecule has 2 aromatic rings. The lowest BCUT2D eigenvalue weighted by atomic mass is 10.1. The predicted molar refractivity (Wildman–Crippen MR) is 98.9 cm³/mol. The SMILES string of the molecule is O=C1/C(=C\c2ccccc2)SC(=S)N1C(=O)c1cccc([N+](=O)[O-])c1. The summed E-state index contributed by atoms with van der Waals surface area (Å²) in [5, 5.41) is 10.9. The number of benzene rings is 2. The minimum atomic E-state index is -0.678. The Morgan fingerprint density at radius 1 is 1.16 bits per heavy atom. The van der Waals surface area contributed by atoms with Gasteiger partial charge in [0.05, 0.1) is 9.83 Å². The van der Waals surface area contributed by atoms with Gasteiger partial charge in [0, 0.05) is 17.7 Å². The molecular formula is C17H10N2O4S2. The lowest BCUT2D eigenvalue weighted by Crippen LogP contribution is -2.34. The Kier molecular flexibility index (Phi) is 4.73. The van der Waals surface area contributed by atoms with Crippen molar-refractivity contribution in [2.45, 2.75) is 0 Å². The first-order valence-corrected chi connectivity index (χ1v) is 8.31. The normalized spacial score (nSPS) is 15.7. The van der Waals surface area contributed by atoms with Crippen molar-refractivity contribution in [3.8, 4) is 0 Å². The third kappa shape index (κ3) is 3.49. The van der Waals surface area contributed by atoms with E-state index >= 15 is 0 Å². The number of non-ortho nitro benzene ring substituents is 1. The van der Waals surface area contributed by atoms with E-state index in [0.717, 1.165) is 28.3 Å². The van der Waals surface area contributed by atoms with Crippen molar-refractivity contribution < 1.29 is 14.5 Å². The minimum absolute atomic E-state index is 0.0338. The predicted octanol–water partition coefficient (Wildman–Crippen LogP) is 3.64. The van der Waals surface area contributed by atoms with E-state index < -0.39 is 16.7 Å². The first-order chi connectivity index (χ1) is 12.0. The van der Waals surface area contributed by atoms with Gasteiger partial charge in [0.15, 0.2) is 4.32 Å². The van der Waals surface area contributed by atoms with Crippen LogP contribution in [-0.4, -0.2) is 26.0 Å². The number of thiocarbonyl (C=S) groups is 1. The van der Waals surface area contributed by atoms with Gasteiger partial charge in [0.2, 0.25) is 0 Å². The molecule has 1 heterocycles. The van der Waals surface area contributed by atoms with E-state index in [1.54, 1.807) is 6.08 Å². The molecule has 0 spiro atoms. The molecule has 1 saturated heterocycles. The van der Waals surface area contributed by atoms with Crippen molar-refractivity contribution in [1.82, 2.24) is 4.90 Å². The molecule has 124 valence electrons. The molecule has 3 rings (SSSR count). The smallest absolute Gasteiger partial charge is 0.268 e. The van der Waals surface area contributed by atoms with E-state index in [1.807, 2.05) is 30.3 Å². The van der Waals surface area contributed by atoms with Gasteiger partial charge in [-0.05, 0) is 17.7 Å². The van der Waals surface area contributed by atoms with Crippen LogP contribution in [0.3, 0.4) is 0 Å². The maximum absolute atomic E-state index is 12.6. The second-order valence-corrected chi connectivity index (χ2v) is 6.72. The van der Waals surface area contributed by atoms with Crippen molar-refractivity contribution in [3.63, 3.8) is 0 Å². The molecular weight excluding hydrogens is 360 g/mol. The molecule has 0 radical (unpaired) electrons. The van der Waals surface area contributed by atoms with Gasteiger partial charge in [-0.2, -0.15) is 0 Å². The summed E-state index contributed by atoms with van der Waals surface area (Å²) in [6.45, 7) is 0. The highest BCUT2D eigenvalue weighted by Crippen LogP contribution is 2.33.